The third-order valence-electron chi connectivity index (χ3n) is 3.80. The molecule has 1 aromatic heterocycles. The summed E-state index contributed by atoms with van der Waals surface area (Å²) in [7, 11) is 0. The van der Waals surface area contributed by atoms with Crippen LogP contribution in [0.3, 0.4) is 0 Å². The molecule has 1 aromatic carbocycles. The minimum atomic E-state index is 0.0576. The van der Waals surface area contributed by atoms with Crippen molar-refractivity contribution in [1.82, 2.24) is 9.55 Å². The van der Waals surface area contributed by atoms with E-state index in [1.165, 1.54) is 0 Å². The minimum absolute atomic E-state index is 0.0576. The molecular weight excluding hydrogens is 238 g/mol. The van der Waals surface area contributed by atoms with Gasteiger partial charge in [0.1, 0.15) is 5.82 Å². The van der Waals surface area contributed by atoms with Crippen LogP contribution in [0.4, 0.5) is 0 Å². The van der Waals surface area contributed by atoms with Crippen molar-refractivity contribution in [3.05, 3.63) is 40.4 Å². The summed E-state index contributed by atoms with van der Waals surface area (Å²) in [6, 6.07) is 9.67. The van der Waals surface area contributed by atoms with E-state index >= 15 is 0 Å². The number of para-hydroxylation sites is 1. The van der Waals surface area contributed by atoms with Crippen LogP contribution in [0.15, 0.2) is 29.1 Å². The van der Waals surface area contributed by atoms with Gasteiger partial charge in [-0.1, -0.05) is 12.1 Å². The summed E-state index contributed by atoms with van der Waals surface area (Å²) in [6.07, 6.45) is 3.32. The molecule has 4 nitrogen and oxygen atoms in total. The smallest absolute Gasteiger partial charge is 0.261 e. The van der Waals surface area contributed by atoms with E-state index in [1.807, 2.05) is 24.3 Å². The third kappa shape index (κ3) is 2.01. The van der Waals surface area contributed by atoms with Crippen molar-refractivity contribution in [2.24, 2.45) is 0 Å². The molecule has 0 radical (unpaired) electrons. The first-order valence-electron chi connectivity index (χ1n) is 6.67. The van der Waals surface area contributed by atoms with Gasteiger partial charge in [0.15, 0.2) is 0 Å². The average Bonchev–Trinajstić information content (AvgIpc) is 2.46. The van der Waals surface area contributed by atoms with Crippen molar-refractivity contribution in [3.63, 3.8) is 0 Å². The van der Waals surface area contributed by atoms with Crippen molar-refractivity contribution < 1.29 is 0 Å². The first-order chi connectivity index (χ1) is 9.31. The second kappa shape index (κ2) is 4.85. The second-order valence-corrected chi connectivity index (χ2v) is 4.98. The highest BCUT2D eigenvalue weighted by Gasteiger charge is 2.23. The topological polar surface area (TPSA) is 58.7 Å². The molecule has 1 atom stereocenters. The highest BCUT2D eigenvalue weighted by atomic mass is 16.1. The van der Waals surface area contributed by atoms with Gasteiger partial charge in [0.05, 0.1) is 17.0 Å². The van der Waals surface area contributed by atoms with E-state index in [4.69, 9.17) is 5.26 Å². The molecule has 0 spiro atoms. The number of hydrogen-bond acceptors (Lipinski definition) is 3. The van der Waals surface area contributed by atoms with E-state index in [0.717, 1.165) is 37.1 Å². The molecule has 1 aliphatic rings. The zero-order chi connectivity index (χ0) is 13.2. The van der Waals surface area contributed by atoms with Crippen LogP contribution in [-0.2, 0) is 6.54 Å². The quantitative estimate of drug-likeness (QED) is 0.826. The predicted octanol–water partition coefficient (Wildman–Crippen LogP) is 2.58. The summed E-state index contributed by atoms with van der Waals surface area (Å²) in [5.74, 6) is 1.11. The third-order valence-corrected chi connectivity index (χ3v) is 3.80. The van der Waals surface area contributed by atoms with Crippen LogP contribution >= 0.6 is 0 Å². The van der Waals surface area contributed by atoms with E-state index < -0.39 is 0 Å². The van der Waals surface area contributed by atoms with Gasteiger partial charge in [0, 0.05) is 18.9 Å². The summed E-state index contributed by atoms with van der Waals surface area (Å²) in [4.78, 5) is 17.1. The van der Waals surface area contributed by atoms with Crippen LogP contribution in [0.5, 0.6) is 0 Å². The number of rotatable bonds is 2. The Bertz CT molecular complexity index is 711. The number of aromatic nitrogens is 2. The maximum Gasteiger partial charge on any atom is 0.261 e. The lowest BCUT2D eigenvalue weighted by Gasteiger charge is -2.25. The van der Waals surface area contributed by atoms with Gasteiger partial charge in [-0.15, -0.1) is 0 Å². The Balaban J connectivity index is 2.16. The summed E-state index contributed by atoms with van der Waals surface area (Å²) in [6.45, 7) is 0.745. The molecule has 96 valence electrons. The Morgan fingerprint density at radius 2 is 2.26 bits per heavy atom. The van der Waals surface area contributed by atoms with E-state index in [-0.39, 0.29) is 11.5 Å². The van der Waals surface area contributed by atoms with E-state index in [9.17, 15) is 4.79 Å². The molecule has 0 bridgehead atoms. The molecule has 0 saturated carbocycles. The summed E-state index contributed by atoms with van der Waals surface area (Å²) in [5, 5.41) is 9.42. The van der Waals surface area contributed by atoms with Gasteiger partial charge in [-0.25, -0.2) is 4.98 Å². The average molecular weight is 253 g/mol. The Morgan fingerprint density at radius 3 is 3.11 bits per heavy atom. The van der Waals surface area contributed by atoms with Gasteiger partial charge in [-0.3, -0.25) is 9.36 Å². The molecule has 3 rings (SSSR count). The normalized spacial score (nSPS) is 17.9. The minimum Gasteiger partial charge on any atom is -0.296 e. The van der Waals surface area contributed by atoms with Gasteiger partial charge in [0.25, 0.3) is 5.56 Å². The Hall–Kier alpha value is -2.15. The number of nitrogens with zero attached hydrogens (tertiary/aromatic N) is 3. The van der Waals surface area contributed by atoms with Crippen molar-refractivity contribution in [2.75, 3.05) is 0 Å². The zero-order valence-electron chi connectivity index (χ0n) is 10.7. The van der Waals surface area contributed by atoms with Crippen LogP contribution in [0.2, 0.25) is 0 Å². The number of nitriles is 1. The highest BCUT2D eigenvalue weighted by Crippen LogP contribution is 2.29. The molecule has 2 aromatic rings. The summed E-state index contributed by atoms with van der Waals surface area (Å²) in [5.41, 5.74) is 0.824. The first kappa shape index (κ1) is 11.9. The van der Waals surface area contributed by atoms with Crippen molar-refractivity contribution >= 4 is 10.9 Å². The fraction of sp³-hybridized carbons (Fsp3) is 0.400. The van der Waals surface area contributed by atoms with E-state index in [2.05, 4.69) is 11.1 Å². The second-order valence-electron chi connectivity index (χ2n) is 4.98. The standard InChI is InChI=1S/C15H15N3O/c16-9-3-5-11-6-4-10-18-14(11)17-13-8-2-1-7-12(13)15(18)19/h1-2,7-8,11H,3-6,10H2/t11-/m1/s1. The number of benzene rings is 1. The van der Waals surface area contributed by atoms with Gasteiger partial charge in [-0.2, -0.15) is 5.26 Å². The predicted molar refractivity (Wildman–Crippen MR) is 72.8 cm³/mol. The molecule has 0 N–H and O–H groups in total. The zero-order valence-corrected chi connectivity index (χ0v) is 10.7. The van der Waals surface area contributed by atoms with Crippen LogP contribution in [0.1, 0.15) is 37.4 Å². The Labute approximate surface area is 111 Å². The van der Waals surface area contributed by atoms with Gasteiger partial charge in [0.2, 0.25) is 0 Å². The fourth-order valence-electron chi connectivity index (χ4n) is 2.85. The monoisotopic (exact) mass is 253 g/mol. The van der Waals surface area contributed by atoms with Crippen LogP contribution in [0.25, 0.3) is 10.9 Å². The van der Waals surface area contributed by atoms with Crippen molar-refractivity contribution in [2.45, 2.75) is 38.1 Å². The van der Waals surface area contributed by atoms with Crippen LogP contribution < -0.4 is 5.56 Å². The lowest BCUT2D eigenvalue weighted by Crippen LogP contribution is -2.30. The molecule has 0 aliphatic carbocycles. The lowest BCUT2D eigenvalue weighted by atomic mass is 9.93. The molecule has 0 unspecified atom stereocenters. The van der Waals surface area contributed by atoms with E-state index in [1.54, 1.807) is 4.57 Å². The fourth-order valence-corrected chi connectivity index (χ4v) is 2.85. The molecule has 4 heteroatoms. The first-order valence-corrected chi connectivity index (χ1v) is 6.67. The molecule has 0 amide bonds. The maximum atomic E-state index is 12.5. The summed E-state index contributed by atoms with van der Waals surface area (Å²) >= 11 is 0. The highest BCUT2D eigenvalue weighted by molar-refractivity contribution is 5.77. The lowest BCUT2D eigenvalue weighted by molar-refractivity contribution is 0.413. The van der Waals surface area contributed by atoms with E-state index in [0.29, 0.717) is 11.8 Å². The van der Waals surface area contributed by atoms with Crippen molar-refractivity contribution in [1.29, 1.82) is 5.26 Å². The number of hydrogen-bond donors (Lipinski definition) is 0. The summed E-state index contributed by atoms with van der Waals surface area (Å²) < 4.78 is 1.80. The maximum absolute atomic E-state index is 12.5. The molecule has 19 heavy (non-hydrogen) atoms. The Kier molecular flexibility index (Phi) is 3.04. The molecular formula is C15H15N3O. The van der Waals surface area contributed by atoms with Gasteiger partial charge < -0.3 is 0 Å². The molecule has 2 heterocycles. The van der Waals surface area contributed by atoms with Crippen LogP contribution in [-0.4, -0.2) is 9.55 Å². The molecule has 1 aliphatic heterocycles. The molecule has 0 saturated heterocycles. The largest absolute Gasteiger partial charge is 0.296 e. The van der Waals surface area contributed by atoms with Crippen LogP contribution in [0, 0.1) is 11.3 Å². The van der Waals surface area contributed by atoms with Gasteiger partial charge >= 0.3 is 0 Å². The number of fused-ring (bicyclic) bond motifs is 2. The Morgan fingerprint density at radius 1 is 1.42 bits per heavy atom. The van der Waals surface area contributed by atoms with Crippen molar-refractivity contribution in [3.8, 4) is 6.07 Å². The van der Waals surface area contributed by atoms with Gasteiger partial charge in [-0.05, 0) is 31.4 Å². The SMILES string of the molecule is N#CCC[C@@H]1CCCn2c1nc1ccccc1c2=O. The molecule has 0 fully saturated rings.